The fourth-order valence-electron chi connectivity index (χ4n) is 3.92. The van der Waals surface area contributed by atoms with Gasteiger partial charge in [0.15, 0.2) is 0 Å². The lowest BCUT2D eigenvalue weighted by molar-refractivity contribution is -0.125. The van der Waals surface area contributed by atoms with E-state index in [1.165, 1.54) is 10.5 Å². The Labute approximate surface area is 164 Å². The molecule has 6 heteroatoms. The summed E-state index contributed by atoms with van der Waals surface area (Å²) in [4.78, 5) is 39.5. The number of likely N-dealkylation sites (tertiary alicyclic amines) is 1. The zero-order valence-electron chi connectivity index (χ0n) is 15.6. The van der Waals surface area contributed by atoms with E-state index in [1.807, 2.05) is 35.2 Å². The quantitative estimate of drug-likeness (QED) is 0.815. The molecule has 0 aromatic heterocycles. The molecule has 2 heterocycles. The van der Waals surface area contributed by atoms with E-state index < -0.39 is 0 Å². The summed E-state index contributed by atoms with van der Waals surface area (Å²) in [5, 5.41) is 2.51. The maximum atomic E-state index is 13.0. The van der Waals surface area contributed by atoms with Gasteiger partial charge < -0.3 is 10.2 Å². The van der Waals surface area contributed by atoms with Gasteiger partial charge in [0.05, 0.1) is 13.1 Å². The van der Waals surface area contributed by atoms with E-state index in [4.69, 9.17) is 0 Å². The van der Waals surface area contributed by atoms with Crippen LogP contribution in [-0.4, -0.2) is 46.8 Å². The average molecular weight is 377 g/mol. The van der Waals surface area contributed by atoms with Gasteiger partial charge in [-0.3, -0.25) is 14.5 Å². The first-order valence-electron chi connectivity index (χ1n) is 9.64. The molecule has 0 saturated carbocycles. The maximum Gasteiger partial charge on any atom is 0.324 e. The first-order valence-corrected chi connectivity index (χ1v) is 9.64. The van der Waals surface area contributed by atoms with Crippen molar-refractivity contribution in [3.8, 4) is 0 Å². The molecule has 4 rings (SSSR count). The Morgan fingerprint density at radius 2 is 1.75 bits per heavy atom. The molecule has 0 bridgehead atoms. The lowest BCUT2D eigenvalue weighted by atomic mass is 10.0. The highest BCUT2D eigenvalue weighted by Gasteiger charge is 2.30. The number of imide groups is 1. The molecule has 0 aliphatic carbocycles. The minimum absolute atomic E-state index is 0.0416. The van der Waals surface area contributed by atoms with Crippen LogP contribution in [0, 0.1) is 0 Å². The first-order chi connectivity index (χ1) is 13.6. The van der Waals surface area contributed by atoms with Gasteiger partial charge in [0.25, 0.3) is 5.91 Å². The van der Waals surface area contributed by atoms with Crippen LogP contribution in [0.25, 0.3) is 0 Å². The molecule has 1 unspecified atom stereocenters. The predicted octanol–water partition coefficient (Wildman–Crippen LogP) is 2.59. The number of benzene rings is 2. The van der Waals surface area contributed by atoms with Crippen molar-refractivity contribution in [2.24, 2.45) is 0 Å². The highest BCUT2D eigenvalue weighted by Crippen LogP contribution is 2.23. The number of nitrogens with one attached hydrogen (secondary N) is 1. The fraction of sp³-hybridized carbons (Fsp3) is 0.318. The summed E-state index contributed by atoms with van der Waals surface area (Å²) in [5.41, 5.74) is 2.71. The van der Waals surface area contributed by atoms with Gasteiger partial charge in [-0.1, -0.05) is 42.5 Å². The molecule has 28 heavy (non-hydrogen) atoms. The average Bonchev–Trinajstić information content (AvgIpc) is 3.30. The molecular weight excluding hydrogens is 354 g/mol. The molecule has 1 N–H and O–H groups in total. The van der Waals surface area contributed by atoms with Crippen LogP contribution >= 0.6 is 0 Å². The Morgan fingerprint density at radius 3 is 2.43 bits per heavy atom. The minimum atomic E-state index is -0.369. The number of carbonyl (C=O) groups excluding carboxylic acids is 3. The predicted molar refractivity (Wildman–Crippen MR) is 105 cm³/mol. The lowest BCUT2D eigenvalue weighted by Gasteiger charge is -2.25. The summed E-state index contributed by atoms with van der Waals surface area (Å²) in [6.45, 7) is 1.05. The Kier molecular flexibility index (Phi) is 5.10. The van der Waals surface area contributed by atoms with Crippen molar-refractivity contribution in [3.05, 3.63) is 71.3 Å². The molecule has 6 nitrogen and oxygen atoms in total. The van der Waals surface area contributed by atoms with E-state index >= 15 is 0 Å². The molecule has 2 aromatic rings. The van der Waals surface area contributed by atoms with Crippen molar-refractivity contribution < 1.29 is 14.4 Å². The molecule has 0 radical (unpaired) electrons. The largest absolute Gasteiger partial charge is 0.335 e. The third-order valence-corrected chi connectivity index (χ3v) is 5.43. The smallest absolute Gasteiger partial charge is 0.324 e. The van der Waals surface area contributed by atoms with Crippen LogP contribution in [0.3, 0.4) is 0 Å². The van der Waals surface area contributed by atoms with Crippen molar-refractivity contribution >= 4 is 17.8 Å². The second kappa shape index (κ2) is 7.84. The number of hydrogen-bond acceptors (Lipinski definition) is 3. The number of carbonyl (C=O) groups is 3. The molecule has 0 spiro atoms. The van der Waals surface area contributed by atoms with Crippen molar-refractivity contribution in [1.29, 1.82) is 0 Å². The Balaban J connectivity index is 1.42. The van der Waals surface area contributed by atoms with Gasteiger partial charge >= 0.3 is 6.03 Å². The van der Waals surface area contributed by atoms with Crippen LogP contribution in [0.2, 0.25) is 0 Å². The van der Waals surface area contributed by atoms with Crippen molar-refractivity contribution in [3.63, 3.8) is 0 Å². The van der Waals surface area contributed by atoms with Gasteiger partial charge in [0.2, 0.25) is 5.91 Å². The van der Waals surface area contributed by atoms with Gasteiger partial charge in [-0.15, -0.1) is 0 Å². The molecule has 2 saturated heterocycles. The normalized spacial score (nSPS) is 19.2. The standard InChI is InChI=1S/C22H23N3O3/c26-20-14-23-22(28)25(20)15-17-8-10-18(11-9-17)21(27)24-12-4-7-19(24)13-16-5-2-1-3-6-16/h1-3,5-6,8-11,19H,4,7,12-15H2,(H,23,28). The molecule has 144 valence electrons. The van der Waals surface area contributed by atoms with E-state index in [-0.39, 0.29) is 37.0 Å². The van der Waals surface area contributed by atoms with Crippen molar-refractivity contribution in [1.82, 2.24) is 15.1 Å². The van der Waals surface area contributed by atoms with E-state index in [9.17, 15) is 14.4 Å². The highest BCUT2D eigenvalue weighted by molar-refractivity contribution is 6.01. The second-order valence-electron chi connectivity index (χ2n) is 7.32. The number of nitrogens with zero attached hydrogens (tertiary/aromatic N) is 2. The first kappa shape index (κ1) is 18.2. The van der Waals surface area contributed by atoms with Crippen LogP contribution in [0.1, 0.15) is 34.3 Å². The lowest BCUT2D eigenvalue weighted by Crippen LogP contribution is -2.36. The van der Waals surface area contributed by atoms with Crippen LogP contribution in [0.5, 0.6) is 0 Å². The summed E-state index contributed by atoms with van der Waals surface area (Å²) >= 11 is 0. The summed E-state index contributed by atoms with van der Waals surface area (Å²) in [7, 11) is 0. The molecule has 2 aliphatic rings. The zero-order valence-corrected chi connectivity index (χ0v) is 15.6. The third kappa shape index (κ3) is 3.76. The van der Waals surface area contributed by atoms with E-state index in [0.29, 0.717) is 5.56 Å². The van der Waals surface area contributed by atoms with Gasteiger partial charge in [0, 0.05) is 18.2 Å². The molecular formula is C22H23N3O3. The van der Waals surface area contributed by atoms with E-state index in [1.54, 1.807) is 12.1 Å². The number of urea groups is 1. The van der Waals surface area contributed by atoms with Crippen molar-refractivity contribution in [2.45, 2.75) is 31.8 Å². The van der Waals surface area contributed by atoms with E-state index in [0.717, 1.165) is 31.4 Å². The van der Waals surface area contributed by atoms with E-state index in [2.05, 4.69) is 17.4 Å². The van der Waals surface area contributed by atoms with Gasteiger partial charge in [0.1, 0.15) is 0 Å². The SMILES string of the molecule is O=C1CNC(=O)N1Cc1ccc(C(=O)N2CCCC2Cc2ccccc2)cc1. The second-order valence-corrected chi connectivity index (χ2v) is 7.32. The van der Waals surface area contributed by atoms with Crippen molar-refractivity contribution in [2.75, 3.05) is 13.1 Å². The fourth-order valence-corrected chi connectivity index (χ4v) is 3.92. The highest BCUT2D eigenvalue weighted by atomic mass is 16.2. The Bertz CT molecular complexity index is 864. The summed E-state index contributed by atoms with van der Waals surface area (Å²) < 4.78 is 0. The molecule has 2 aromatic carbocycles. The summed E-state index contributed by atoms with van der Waals surface area (Å²) in [5.74, 6) is -0.189. The minimum Gasteiger partial charge on any atom is -0.335 e. The maximum absolute atomic E-state index is 13.0. The number of amides is 4. The van der Waals surface area contributed by atoms with Crippen LogP contribution in [0.4, 0.5) is 4.79 Å². The number of rotatable bonds is 5. The van der Waals surface area contributed by atoms with Gasteiger partial charge in [-0.05, 0) is 42.5 Å². The Hall–Kier alpha value is -3.15. The summed E-state index contributed by atoms with van der Waals surface area (Å²) in [6.07, 6.45) is 2.91. The monoisotopic (exact) mass is 377 g/mol. The van der Waals surface area contributed by atoms with Crippen LogP contribution in [0.15, 0.2) is 54.6 Å². The van der Waals surface area contributed by atoms with Crippen LogP contribution in [-0.2, 0) is 17.8 Å². The molecule has 2 fully saturated rings. The Morgan fingerprint density at radius 1 is 1.00 bits per heavy atom. The van der Waals surface area contributed by atoms with Gasteiger partial charge in [-0.2, -0.15) is 0 Å². The molecule has 1 atom stereocenters. The van der Waals surface area contributed by atoms with Crippen LogP contribution < -0.4 is 5.32 Å². The third-order valence-electron chi connectivity index (χ3n) is 5.43. The van der Waals surface area contributed by atoms with Gasteiger partial charge in [-0.25, -0.2) is 4.79 Å². The number of hydrogen-bond donors (Lipinski definition) is 1. The topological polar surface area (TPSA) is 69.7 Å². The zero-order chi connectivity index (χ0) is 19.5. The molecule has 4 amide bonds. The summed E-state index contributed by atoms with van der Waals surface area (Å²) in [6, 6.07) is 17.3. The molecule has 2 aliphatic heterocycles.